The lowest BCUT2D eigenvalue weighted by Crippen LogP contribution is -1.96. The molecule has 0 saturated carbocycles. The van der Waals surface area contributed by atoms with Crippen molar-refractivity contribution in [2.75, 3.05) is 12.3 Å². The summed E-state index contributed by atoms with van der Waals surface area (Å²) in [4.78, 5) is 4.21. The Labute approximate surface area is 110 Å². The minimum Gasteiger partial charge on any atom is -0.397 e. The van der Waals surface area contributed by atoms with E-state index >= 15 is 0 Å². The number of benzene rings is 1. The van der Waals surface area contributed by atoms with Crippen molar-refractivity contribution < 1.29 is 9.26 Å². The Kier molecular flexibility index (Phi) is 4.17. The van der Waals surface area contributed by atoms with Crippen LogP contribution in [-0.2, 0) is 11.3 Å². The molecule has 0 aliphatic carbocycles. The number of nitrogen functional groups attached to an aromatic ring is 1. The first-order chi connectivity index (χ1) is 8.72. The Morgan fingerprint density at radius 2 is 2.28 bits per heavy atom. The van der Waals surface area contributed by atoms with Crippen LogP contribution in [0.25, 0.3) is 11.5 Å². The number of rotatable bonds is 5. The maximum Gasteiger partial charge on any atom is 0.260 e. The summed E-state index contributed by atoms with van der Waals surface area (Å²) in [5, 5.41) is 4.29. The van der Waals surface area contributed by atoms with Gasteiger partial charge in [-0.15, -0.1) is 0 Å². The van der Waals surface area contributed by atoms with Crippen molar-refractivity contribution in [2.24, 2.45) is 0 Å². The van der Waals surface area contributed by atoms with Crippen LogP contribution in [0.5, 0.6) is 0 Å². The summed E-state index contributed by atoms with van der Waals surface area (Å²) < 4.78 is 10.5. The molecule has 0 unspecified atom stereocenters. The van der Waals surface area contributed by atoms with Crippen LogP contribution in [0.3, 0.4) is 0 Å². The molecule has 0 atom stereocenters. The second-order valence-corrected chi connectivity index (χ2v) is 4.18. The summed E-state index contributed by atoms with van der Waals surface area (Å²) in [6.07, 6.45) is 0.950. The molecule has 0 saturated heterocycles. The Balaban J connectivity index is 2.16. The van der Waals surface area contributed by atoms with E-state index in [0.717, 1.165) is 6.42 Å². The molecule has 2 N–H and O–H groups in total. The van der Waals surface area contributed by atoms with Gasteiger partial charge in [0.2, 0.25) is 0 Å². The molecule has 0 aliphatic rings. The van der Waals surface area contributed by atoms with Gasteiger partial charge in [-0.25, -0.2) is 0 Å². The average molecular weight is 268 g/mol. The number of hydrogen-bond acceptors (Lipinski definition) is 5. The van der Waals surface area contributed by atoms with Crippen LogP contribution >= 0.6 is 11.6 Å². The van der Waals surface area contributed by atoms with Crippen molar-refractivity contribution in [3.63, 3.8) is 0 Å². The predicted molar refractivity (Wildman–Crippen MR) is 69.1 cm³/mol. The van der Waals surface area contributed by atoms with Crippen LogP contribution in [0, 0.1) is 0 Å². The number of halogens is 1. The summed E-state index contributed by atoms with van der Waals surface area (Å²) >= 11 is 5.93. The Hall–Kier alpha value is -1.59. The van der Waals surface area contributed by atoms with Crippen molar-refractivity contribution in [1.29, 1.82) is 0 Å². The van der Waals surface area contributed by atoms with Gasteiger partial charge >= 0.3 is 0 Å². The van der Waals surface area contributed by atoms with Crippen molar-refractivity contribution in [3.05, 3.63) is 29.0 Å². The summed E-state index contributed by atoms with van der Waals surface area (Å²) in [5.41, 5.74) is 6.92. The largest absolute Gasteiger partial charge is 0.397 e. The maximum atomic E-state index is 5.93. The monoisotopic (exact) mass is 267 g/mol. The van der Waals surface area contributed by atoms with E-state index in [4.69, 9.17) is 26.6 Å². The Morgan fingerprint density at radius 3 is 3.06 bits per heavy atom. The lowest BCUT2D eigenvalue weighted by molar-refractivity contribution is 0.114. The first kappa shape index (κ1) is 12.9. The number of aromatic nitrogens is 2. The third-order valence-corrected chi connectivity index (χ3v) is 2.66. The van der Waals surface area contributed by atoms with Crippen LogP contribution < -0.4 is 5.73 Å². The van der Waals surface area contributed by atoms with Crippen molar-refractivity contribution in [3.8, 4) is 11.5 Å². The number of para-hydroxylation sites is 1. The number of hydrogen-bond donors (Lipinski definition) is 1. The van der Waals surface area contributed by atoms with Gasteiger partial charge in [-0.1, -0.05) is 29.7 Å². The van der Waals surface area contributed by atoms with E-state index in [1.165, 1.54) is 0 Å². The van der Waals surface area contributed by atoms with Gasteiger partial charge in [0.25, 0.3) is 5.89 Å². The summed E-state index contributed by atoms with van der Waals surface area (Å²) in [7, 11) is 0. The fraction of sp³-hybridized carbons (Fsp3) is 0.333. The van der Waals surface area contributed by atoms with Gasteiger partial charge in [-0.2, -0.15) is 4.98 Å². The van der Waals surface area contributed by atoms with Gasteiger partial charge in [0.15, 0.2) is 5.82 Å². The lowest BCUT2D eigenvalue weighted by Gasteiger charge is -2.01. The molecule has 5 nitrogen and oxygen atoms in total. The van der Waals surface area contributed by atoms with E-state index in [1.54, 1.807) is 18.2 Å². The van der Waals surface area contributed by atoms with E-state index in [9.17, 15) is 0 Å². The fourth-order valence-electron chi connectivity index (χ4n) is 1.45. The molecule has 1 heterocycles. The number of nitrogens with zero attached hydrogens (tertiary/aromatic N) is 2. The van der Waals surface area contributed by atoms with E-state index in [-0.39, 0.29) is 0 Å². The van der Waals surface area contributed by atoms with Crippen LogP contribution in [0.1, 0.15) is 19.2 Å². The highest BCUT2D eigenvalue weighted by Gasteiger charge is 2.13. The van der Waals surface area contributed by atoms with E-state index in [0.29, 0.717) is 41.2 Å². The molecule has 0 bridgehead atoms. The standard InChI is InChI=1S/C12H14ClN3O2/c1-2-6-17-7-10-15-12(18-16-10)8-4-3-5-9(13)11(8)14/h3-5H,2,6-7,14H2,1H3. The molecule has 6 heteroatoms. The number of nitrogens with two attached hydrogens (primary N) is 1. The molecule has 96 valence electrons. The molecule has 18 heavy (non-hydrogen) atoms. The van der Waals surface area contributed by atoms with E-state index in [2.05, 4.69) is 10.1 Å². The molecule has 0 amide bonds. The quantitative estimate of drug-likeness (QED) is 0.666. The van der Waals surface area contributed by atoms with Gasteiger partial charge in [-0.3, -0.25) is 0 Å². The first-order valence-corrected chi connectivity index (χ1v) is 6.05. The SMILES string of the molecule is CCCOCc1noc(-c2cccc(Cl)c2N)n1. The van der Waals surface area contributed by atoms with Crippen LogP contribution in [0.2, 0.25) is 5.02 Å². The van der Waals surface area contributed by atoms with Crippen LogP contribution in [-0.4, -0.2) is 16.7 Å². The summed E-state index contributed by atoms with van der Waals surface area (Å²) in [6, 6.07) is 5.28. The molecule has 0 aliphatic heterocycles. The van der Waals surface area contributed by atoms with Gasteiger partial charge in [0.05, 0.1) is 16.3 Å². The van der Waals surface area contributed by atoms with Crippen LogP contribution in [0.4, 0.5) is 5.69 Å². The highest BCUT2D eigenvalue weighted by Crippen LogP contribution is 2.30. The lowest BCUT2D eigenvalue weighted by atomic mass is 10.2. The zero-order valence-electron chi connectivity index (χ0n) is 10.0. The zero-order chi connectivity index (χ0) is 13.0. The maximum absolute atomic E-state index is 5.93. The van der Waals surface area contributed by atoms with Crippen molar-refractivity contribution in [2.45, 2.75) is 20.0 Å². The summed E-state index contributed by atoms with van der Waals surface area (Å²) in [5.74, 6) is 0.850. The Morgan fingerprint density at radius 1 is 1.44 bits per heavy atom. The minimum absolute atomic E-state index is 0.331. The van der Waals surface area contributed by atoms with Crippen LogP contribution in [0.15, 0.2) is 22.7 Å². The summed E-state index contributed by atoms with van der Waals surface area (Å²) in [6.45, 7) is 3.04. The third-order valence-electron chi connectivity index (χ3n) is 2.33. The van der Waals surface area contributed by atoms with Gasteiger partial charge < -0.3 is 15.0 Å². The first-order valence-electron chi connectivity index (χ1n) is 5.67. The van der Waals surface area contributed by atoms with Crippen molar-refractivity contribution in [1.82, 2.24) is 10.1 Å². The predicted octanol–water partition coefficient (Wildman–Crippen LogP) is 2.90. The number of ether oxygens (including phenoxy) is 1. The van der Waals surface area contributed by atoms with E-state index in [1.807, 2.05) is 6.92 Å². The highest BCUT2D eigenvalue weighted by atomic mass is 35.5. The molecule has 1 aromatic carbocycles. The molecule has 1 aromatic heterocycles. The molecule has 0 spiro atoms. The van der Waals surface area contributed by atoms with Gasteiger partial charge in [0, 0.05) is 6.61 Å². The average Bonchev–Trinajstić information content (AvgIpc) is 2.82. The third kappa shape index (κ3) is 2.80. The second-order valence-electron chi connectivity index (χ2n) is 3.77. The molecular formula is C12H14ClN3O2. The minimum atomic E-state index is 0.331. The Bertz CT molecular complexity index is 528. The molecule has 2 rings (SSSR count). The topological polar surface area (TPSA) is 74.2 Å². The van der Waals surface area contributed by atoms with Crippen molar-refractivity contribution >= 4 is 17.3 Å². The molecular weight excluding hydrogens is 254 g/mol. The molecule has 0 fully saturated rings. The van der Waals surface area contributed by atoms with E-state index < -0.39 is 0 Å². The van der Waals surface area contributed by atoms with Gasteiger partial charge in [-0.05, 0) is 18.6 Å². The normalized spacial score (nSPS) is 10.8. The second kappa shape index (κ2) is 5.84. The highest BCUT2D eigenvalue weighted by molar-refractivity contribution is 6.33. The fourth-order valence-corrected chi connectivity index (χ4v) is 1.63. The molecule has 2 aromatic rings. The molecule has 0 radical (unpaired) electrons. The van der Waals surface area contributed by atoms with Gasteiger partial charge in [0.1, 0.15) is 6.61 Å². The zero-order valence-corrected chi connectivity index (χ0v) is 10.8. The number of anilines is 1. The smallest absolute Gasteiger partial charge is 0.260 e.